The summed E-state index contributed by atoms with van der Waals surface area (Å²) in [7, 11) is 0. The molecule has 0 amide bonds. The van der Waals surface area contributed by atoms with Crippen molar-refractivity contribution >= 4 is 5.97 Å². The molecule has 1 aliphatic rings. The Kier molecular flexibility index (Phi) is 7.34. The molecule has 19 heavy (non-hydrogen) atoms. The first kappa shape index (κ1) is 16.4. The summed E-state index contributed by atoms with van der Waals surface area (Å²) in [5.74, 6) is -0.245. The molecule has 0 spiro atoms. The third-order valence-electron chi connectivity index (χ3n) is 3.80. The number of ether oxygens (including phenoxy) is 2. The zero-order valence-electron chi connectivity index (χ0n) is 12.1. The fourth-order valence-electron chi connectivity index (χ4n) is 2.50. The zero-order valence-corrected chi connectivity index (χ0v) is 12.1. The molecule has 0 aromatic heterocycles. The molecule has 2 N–H and O–H groups in total. The lowest BCUT2D eigenvalue weighted by molar-refractivity contribution is -0.145. The van der Waals surface area contributed by atoms with Gasteiger partial charge in [0, 0.05) is 19.1 Å². The molecule has 1 saturated heterocycles. The summed E-state index contributed by atoms with van der Waals surface area (Å²) in [5.41, 5.74) is -0.797. The van der Waals surface area contributed by atoms with Crippen LogP contribution in [0.3, 0.4) is 0 Å². The Morgan fingerprint density at radius 3 is 2.84 bits per heavy atom. The van der Waals surface area contributed by atoms with Crippen molar-refractivity contribution in [3.05, 3.63) is 0 Å². The number of hydrogen-bond donors (Lipinski definition) is 2. The summed E-state index contributed by atoms with van der Waals surface area (Å²) in [4.78, 5) is 11.4. The van der Waals surface area contributed by atoms with Crippen LogP contribution >= 0.6 is 0 Å². The summed E-state index contributed by atoms with van der Waals surface area (Å²) < 4.78 is 10.9. The van der Waals surface area contributed by atoms with E-state index in [-0.39, 0.29) is 0 Å². The normalized spacial score (nSPS) is 22.3. The molecule has 0 bridgehead atoms. The fraction of sp³-hybridized carbons (Fsp3) is 0.929. The number of carboxylic acid groups (broad SMARTS) is 1. The molecular weight excluding hydrogens is 246 g/mol. The summed E-state index contributed by atoms with van der Waals surface area (Å²) in [6.07, 6.45) is 3.03. The van der Waals surface area contributed by atoms with Gasteiger partial charge in [0.15, 0.2) is 0 Å². The van der Waals surface area contributed by atoms with Gasteiger partial charge in [-0.25, -0.2) is 0 Å². The minimum atomic E-state index is -0.797. The highest BCUT2D eigenvalue weighted by molar-refractivity contribution is 5.78. The van der Waals surface area contributed by atoms with Gasteiger partial charge in [0.1, 0.15) is 5.54 Å². The van der Waals surface area contributed by atoms with E-state index in [0.717, 1.165) is 32.7 Å². The molecular formula is C14H27NO4. The number of likely N-dealkylation sites (N-methyl/N-ethyl adjacent to an activating group) is 1. The number of carbonyl (C=O) groups is 1. The maximum atomic E-state index is 11.4. The van der Waals surface area contributed by atoms with Gasteiger partial charge in [-0.1, -0.05) is 13.8 Å². The topological polar surface area (TPSA) is 67.8 Å². The van der Waals surface area contributed by atoms with Crippen molar-refractivity contribution in [2.24, 2.45) is 5.92 Å². The highest BCUT2D eigenvalue weighted by Gasteiger charge is 2.34. The molecule has 2 unspecified atom stereocenters. The van der Waals surface area contributed by atoms with E-state index < -0.39 is 11.5 Å². The largest absolute Gasteiger partial charge is 0.480 e. The third kappa shape index (κ3) is 5.09. The van der Waals surface area contributed by atoms with Crippen molar-refractivity contribution in [2.75, 3.05) is 33.0 Å². The summed E-state index contributed by atoms with van der Waals surface area (Å²) in [6.45, 7) is 7.50. The van der Waals surface area contributed by atoms with Crippen molar-refractivity contribution in [1.29, 1.82) is 0 Å². The van der Waals surface area contributed by atoms with Crippen LogP contribution in [-0.4, -0.2) is 49.6 Å². The van der Waals surface area contributed by atoms with Crippen molar-refractivity contribution in [3.8, 4) is 0 Å². The van der Waals surface area contributed by atoms with E-state index in [4.69, 9.17) is 9.47 Å². The number of hydrogen-bond acceptors (Lipinski definition) is 4. The maximum Gasteiger partial charge on any atom is 0.323 e. The summed E-state index contributed by atoms with van der Waals surface area (Å²) in [6, 6.07) is 0. The van der Waals surface area contributed by atoms with Gasteiger partial charge >= 0.3 is 5.97 Å². The van der Waals surface area contributed by atoms with E-state index in [1.165, 1.54) is 0 Å². The number of carboxylic acids is 1. The quantitative estimate of drug-likeness (QED) is 0.593. The molecule has 5 nitrogen and oxygen atoms in total. The van der Waals surface area contributed by atoms with Gasteiger partial charge in [-0.3, -0.25) is 4.79 Å². The minimum absolute atomic E-state index is 0.518. The molecule has 2 atom stereocenters. The molecule has 0 aromatic carbocycles. The van der Waals surface area contributed by atoms with Gasteiger partial charge in [-0.2, -0.15) is 0 Å². The molecule has 0 aliphatic carbocycles. The molecule has 0 radical (unpaired) electrons. The molecule has 1 rings (SSSR count). The fourth-order valence-corrected chi connectivity index (χ4v) is 2.50. The van der Waals surface area contributed by atoms with Crippen molar-refractivity contribution in [3.63, 3.8) is 0 Å². The predicted molar refractivity (Wildman–Crippen MR) is 73.3 cm³/mol. The van der Waals surface area contributed by atoms with E-state index in [2.05, 4.69) is 5.32 Å². The first-order chi connectivity index (χ1) is 9.14. The Labute approximate surface area is 115 Å². The number of nitrogens with one attached hydrogen (secondary N) is 1. The second kappa shape index (κ2) is 8.51. The first-order valence-corrected chi connectivity index (χ1v) is 7.28. The van der Waals surface area contributed by atoms with Crippen LogP contribution in [0, 0.1) is 5.92 Å². The van der Waals surface area contributed by atoms with Gasteiger partial charge in [0.25, 0.3) is 0 Å². The Balaban J connectivity index is 2.21. The van der Waals surface area contributed by atoms with Crippen molar-refractivity contribution in [2.45, 2.75) is 45.1 Å². The van der Waals surface area contributed by atoms with E-state index >= 15 is 0 Å². The Morgan fingerprint density at radius 1 is 1.53 bits per heavy atom. The first-order valence-electron chi connectivity index (χ1n) is 7.28. The van der Waals surface area contributed by atoms with Crippen LogP contribution in [-0.2, 0) is 14.3 Å². The highest BCUT2D eigenvalue weighted by Crippen LogP contribution is 2.18. The van der Waals surface area contributed by atoms with Crippen LogP contribution in [0.4, 0.5) is 0 Å². The average Bonchev–Trinajstić information content (AvgIpc) is 2.90. The summed E-state index contributed by atoms with van der Waals surface area (Å²) in [5, 5.41) is 12.5. The second-order valence-electron chi connectivity index (χ2n) is 5.18. The monoisotopic (exact) mass is 273 g/mol. The number of aliphatic carboxylic acids is 1. The Bertz CT molecular complexity index is 266. The molecule has 5 heteroatoms. The van der Waals surface area contributed by atoms with Crippen LogP contribution in [0.15, 0.2) is 0 Å². The lowest BCUT2D eigenvalue weighted by Crippen LogP contribution is -2.51. The van der Waals surface area contributed by atoms with Gasteiger partial charge in [0.2, 0.25) is 0 Å². The predicted octanol–water partition coefficient (Wildman–Crippen LogP) is 1.66. The minimum Gasteiger partial charge on any atom is -0.480 e. The Morgan fingerprint density at radius 2 is 2.32 bits per heavy atom. The van der Waals surface area contributed by atoms with E-state index in [0.29, 0.717) is 31.9 Å². The van der Waals surface area contributed by atoms with Crippen LogP contribution in [0.25, 0.3) is 0 Å². The van der Waals surface area contributed by atoms with Crippen molar-refractivity contribution in [1.82, 2.24) is 5.32 Å². The smallest absolute Gasteiger partial charge is 0.323 e. The maximum absolute atomic E-state index is 11.4. The van der Waals surface area contributed by atoms with Crippen LogP contribution in [0.1, 0.15) is 39.5 Å². The molecule has 1 heterocycles. The Hall–Kier alpha value is -0.650. The average molecular weight is 273 g/mol. The van der Waals surface area contributed by atoms with Gasteiger partial charge < -0.3 is 19.9 Å². The standard InChI is InChI=1S/C14H27NO4/c1-3-14(13(16)17,15-4-2)7-5-8-18-10-12-6-9-19-11-12/h12,15H,3-11H2,1-2H3,(H,16,17). The molecule has 1 fully saturated rings. The van der Waals surface area contributed by atoms with Crippen LogP contribution < -0.4 is 5.32 Å². The third-order valence-corrected chi connectivity index (χ3v) is 3.80. The van der Waals surface area contributed by atoms with Crippen LogP contribution in [0.5, 0.6) is 0 Å². The highest BCUT2D eigenvalue weighted by atomic mass is 16.5. The van der Waals surface area contributed by atoms with Crippen LogP contribution in [0.2, 0.25) is 0 Å². The van der Waals surface area contributed by atoms with E-state index in [1.807, 2.05) is 13.8 Å². The summed E-state index contributed by atoms with van der Waals surface area (Å²) >= 11 is 0. The molecule has 0 aromatic rings. The van der Waals surface area contributed by atoms with Crippen molar-refractivity contribution < 1.29 is 19.4 Å². The van der Waals surface area contributed by atoms with E-state index in [1.54, 1.807) is 0 Å². The SMILES string of the molecule is CCNC(CC)(CCCOCC1CCOC1)C(=O)O. The lowest BCUT2D eigenvalue weighted by atomic mass is 9.90. The van der Waals surface area contributed by atoms with Gasteiger partial charge in [-0.05, 0) is 32.2 Å². The molecule has 1 aliphatic heterocycles. The number of rotatable bonds is 10. The second-order valence-corrected chi connectivity index (χ2v) is 5.18. The van der Waals surface area contributed by atoms with Gasteiger partial charge in [-0.15, -0.1) is 0 Å². The molecule has 112 valence electrons. The zero-order chi connectivity index (χ0) is 14.1. The lowest BCUT2D eigenvalue weighted by Gasteiger charge is -2.29. The molecule has 0 saturated carbocycles. The van der Waals surface area contributed by atoms with Gasteiger partial charge in [0.05, 0.1) is 13.2 Å². The van der Waals surface area contributed by atoms with E-state index in [9.17, 15) is 9.90 Å².